The topological polar surface area (TPSA) is 32.3 Å². The van der Waals surface area contributed by atoms with Gasteiger partial charge in [0.2, 0.25) is 5.91 Å². The SMILES string of the molecule is CN(CC(F)(F)F)C1CCNC1=O. The van der Waals surface area contributed by atoms with Gasteiger partial charge in [-0.3, -0.25) is 9.69 Å². The molecule has 6 heteroatoms. The highest BCUT2D eigenvalue weighted by molar-refractivity contribution is 5.83. The zero-order chi connectivity index (χ0) is 10.1. The van der Waals surface area contributed by atoms with E-state index in [1.54, 1.807) is 0 Å². The number of hydrogen-bond donors (Lipinski definition) is 1. The fourth-order valence-electron chi connectivity index (χ4n) is 1.39. The lowest BCUT2D eigenvalue weighted by molar-refractivity contribution is -0.150. The maximum absolute atomic E-state index is 11.9. The third-order valence-corrected chi connectivity index (χ3v) is 1.98. The molecule has 1 fully saturated rings. The molecule has 0 aromatic heterocycles. The first kappa shape index (κ1) is 10.3. The molecule has 1 rings (SSSR count). The van der Waals surface area contributed by atoms with E-state index < -0.39 is 18.8 Å². The van der Waals surface area contributed by atoms with E-state index in [2.05, 4.69) is 5.32 Å². The summed E-state index contributed by atoms with van der Waals surface area (Å²) in [6.45, 7) is -0.573. The van der Waals surface area contributed by atoms with Crippen molar-refractivity contribution in [3.8, 4) is 0 Å². The average molecular weight is 196 g/mol. The van der Waals surface area contributed by atoms with E-state index in [9.17, 15) is 18.0 Å². The minimum Gasteiger partial charge on any atom is -0.355 e. The minimum atomic E-state index is -4.24. The highest BCUT2D eigenvalue weighted by atomic mass is 19.4. The summed E-state index contributed by atoms with van der Waals surface area (Å²) in [4.78, 5) is 12.0. The first-order chi connectivity index (χ1) is 5.90. The summed E-state index contributed by atoms with van der Waals surface area (Å²) >= 11 is 0. The maximum Gasteiger partial charge on any atom is 0.401 e. The van der Waals surface area contributed by atoms with Gasteiger partial charge in [0.15, 0.2) is 0 Å². The summed E-state index contributed by atoms with van der Waals surface area (Å²) in [6, 6.07) is -0.623. The lowest BCUT2D eigenvalue weighted by atomic mass is 10.2. The number of rotatable bonds is 2. The normalized spacial score (nSPS) is 23.8. The van der Waals surface area contributed by atoms with E-state index in [1.807, 2.05) is 0 Å². The molecule has 0 bridgehead atoms. The third-order valence-electron chi connectivity index (χ3n) is 1.98. The third kappa shape index (κ3) is 2.87. The molecular weight excluding hydrogens is 185 g/mol. The second kappa shape index (κ2) is 3.53. The molecule has 1 amide bonds. The summed E-state index contributed by atoms with van der Waals surface area (Å²) in [7, 11) is 1.31. The Hall–Kier alpha value is -0.780. The molecule has 0 aliphatic carbocycles. The quantitative estimate of drug-likeness (QED) is 0.692. The average Bonchev–Trinajstić information content (AvgIpc) is 2.30. The van der Waals surface area contributed by atoms with Crippen LogP contribution in [-0.4, -0.2) is 43.2 Å². The number of hydrogen-bond acceptors (Lipinski definition) is 2. The van der Waals surface area contributed by atoms with Gasteiger partial charge < -0.3 is 5.32 Å². The Labute approximate surface area is 73.9 Å². The van der Waals surface area contributed by atoms with Crippen LogP contribution in [-0.2, 0) is 4.79 Å². The van der Waals surface area contributed by atoms with Gasteiger partial charge in [-0.25, -0.2) is 0 Å². The predicted molar refractivity (Wildman–Crippen MR) is 40.1 cm³/mol. The lowest BCUT2D eigenvalue weighted by Gasteiger charge is -2.22. The molecule has 1 aliphatic heterocycles. The number of amides is 1. The number of likely N-dealkylation sites (N-methyl/N-ethyl adjacent to an activating group) is 1. The molecule has 1 heterocycles. The van der Waals surface area contributed by atoms with Crippen molar-refractivity contribution in [3.05, 3.63) is 0 Å². The number of halogens is 3. The van der Waals surface area contributed by atoms with Gasteiger partial charge in [0, 0.05) is 6.54 Å². The van der Waals surface area contributed by atoms with Crippen LogP contribution >= 0.6 is 0 Å². The van der Waals surface area contributed by atoms with Crippen LogP contribution in [0.2, 0.25) is 0 Å². The number of nitrogens with one attached hydrogen (secondary N) is 1. The van der Waals surface area contributed by atoms with E-state index in [1.165, 1.54) is 7.05 Å². The Morgan fingerprint density at radius 3 is 2.62 bits per heavy atom. The van der Waals surface area contributed by atoms with Crippen LogP contribution in [0.3, 0.4) is 0 Å². The van der Waals surface area contributed by atoms with Crippen LogP contribution in [0.15, 0.2) is 0 Å². The Kier molecular flexibility index (Phi) is 2.80. The Morgan fingerprint density at radius 1 is 1.62 bits per heavy atom. The molecule has 3 nitrogen and oxygen atoms in total. The first-order valence-corrected chi connectivity index (χ1v) is 3.95. The molecule has 0 spiro atoms. The van der Waals surface area contributed by atoms with Crippen LogP contribution in [0.4, 0.5) is 13.2 Å². The van der Waals surface area contributed by atoms with Crippen molar-refractivity contribution in [2.24, 2.45) is 0 Å². The van der Waals surface area contributed by atoms with Crippen LogP contribution in [0.25, 0.3) is 0 Å². The Morgan fingerprint density at radius 2 is 2.23 bits per heavy atom. The Bertz CT molecular complexity index is 204. The van der Waals surface area contributed by atoms with Crippen LogP contribution in [0.5, 0.6) is 0 Å². The van der Waals surface area contributed by atoms with Gasteiger partial charge in [-0.1, -0.05) is 0 Å². The molecule has 1 saturated heterocycles. The van der Waals surface area contributed by atoms with Crippen molar-refractivity contribution >= 4 is 5.91 Å². The van der Waals surface area contributed by atoms with Gasteiger partial charge in [0.05, 0.1) is 12.6 Å². The molecule has 1 unspecified atom stereocenters. The van der Waals surface area contributed by atoms with Crippen molar-refractivity contribution in [1.82, 2.24) is 10.2 Å². The summed E-state index contributed by atoms with van der Waals surface area (Å²) in [5.74, 6) is -0.313. The highest BCUT2D eigenvalue weighted by Gasteiger charge is 2.36. The van der Waals surface area contributed by atoms with E-state index in [4.69, 9.17) is 0 Å². The van der Waals surface area contributed by atoms with Crippen LogP contribution in [0.1, 0.15) is 6.42 Å². The molecular formula is C7H11F3N2O. The molecule has 0 saturated carbocycles. The fraction of sp³-hybridized carbons (Fsp3) is 0.857. The number of alkyl halides is 3. The van der Waals surface area contributed by atoms with Crippen LogP contribution < -0.4 is 5.32 Å². The second-order valence-corrected chi connectivity index (χ2v) is 3.13. The van der Waals surface area contributed by atoms with Crippen molar-refractivity contribution in [2.45, 2.75) is 18.6 Å². The molecule has 0 aromatic rings. The molecule has 1 aliphatic rings. The Balaban J connectivity index is 2.47. The lowest BCUT2D eigenvalue weighted by Crippen LogP contribution is -2.42. The highest BCUT2D eigenvalue weighted by Crippen LogP contribution is 2.18. The maximum atomic E-state index is 11.9. The molecule has 13 heavy (non-hydrogen) atoms. The number of carbonyl (C=O) groups excluding carboxylic acids is 1. The molecule has 1 atom stereocenters. The number of nitrogens with zero attached hydrogens (tertiary/aromatic N) is 1. The zero-order valence-electron chi connectivity index (χ0n) is 7.19. The van der Waals surface area contributed by atoms with Crippen molar-refractivity contribution in [2.75, 3.05) is 20.1 Å². The van der Waals surface area contributed by atoms with E-state index in [0.717, 1.165) is 4.90 Å². The van der Waals surface area contributed by atoms with Gasteiger partial charge in [0.1, 0.15) is 0 Å². The molecule has 1 N–H and O–H groups in total. The van der Waals surface area contributed by atoms with Crippen molar-refractivity contribution in [1.29, 1.82) is 0 Å². The number of carbonyl (C=O) groups is 1. The standard InChI is InChI=1S/C7H11F3N2O/c1-12(4-7(8,9)10)5-2-3-11-6(5)13/h5H,2-4H2,1H3,(H,11,13). The first-order valence-electron chi connectivity index (χ1n) is 3.95. The van der Waals surface area contributed by atoms with Gasteiger partial charge in [-0.15, -0.1) is 0 Å². The molecule has 0 aromatic carbocycles. The fourth-order valence-corrected chi connectivity index (χ4v) is 1.39. The van der Waals surface area contributed by atoms with E-state index in [-0.39, 0.29) is 5.91 Å². The van der Waals surface area contributed by atoms with Gasteiger partial charge in [-0.05, 0) is 13.5 Å². The van der Waals surface area contributed by atoms with Crippen molar-refractivity contribution in [3.63, 3.8) is 0 Å². The second-order valence-electron chi connectivity index (χ2n) is 3.13. The largest absolute Gasteiger partial charge is 0.401 e. The van der Waals surface area contributed by atoms with Crippen LogP contribution in [0, 0.1) is 0 Å². The zero-order valence-corrected chi connectivity index (χ0v) is 7.19. The van der Waals surface area contributed by atoms with Gasteiger partial charge in [0.25, 0.3) is 0 Å². The predicted octanol–water partition coefficient (Wildman–Crippen LogP) is 0.369. The summed E-state index contributed by atoms with van der Waals surface area (Å²) in [6.07, 6.45) is -3.79. The minimum absolute atomic E-state index is 0.313. The molecule has 76 valence electrons. The summed E-state index contributed by atoms with van der Waals surface area (Å²) in [5, 5.41) is 2.49. The van der Waals surface area contributed by atoms with Crippen molar-refractivity contribution < 1.29 is 18.0 Å². The molecule has 0 radical (unpaired) electrons. The summed E-state index contributed by atoms with van der Waals surface area (Å²) in [5.41, 5.74) is 0. The summed E-state index contributed by atoms with van der Waals surface area (Å²) < 4.78 is 35.7. The van der Waals surface area contributed by atoms with E-state index in [0.29, 0.717) is 13.0 Å². The van der Waals surface area contributed by atoms with E-state index >= 15 is 0 Å². The van der Waals surface area contributed by atoms with Gasteiger partial charge >= 0.3 is 6.18 Å². The smallest absolute Gasteiger partial charge is 0.355 e. The van der Waals surface area contributed by atoms with Gasteiger partial charge in [-0.2, -0.15) is 13.2 Å². The monoisotopic (exact) mass is 196 g/mol.